The minimum absolute atomic E-state index is 0.0954. The minimum atomic E-state index is -0.831. The Labute approximate surface area is 172 Å². The largest absolute Gasteiger partial charge is 0.481 e. The summed E-state index contributed by atoms with van der Waals surface area (Å²) in [4.78, 5) is 25.5. The van der Waals surface area contributed by atoms with Gasteiger partial charge >= 0.3 is 5.97 Å². The second-order valence-corrected chi connectivity index (χ2v) is 8.32. The maximum absolute atomic E-state index is 12.7. The average molecular weight is 420 g/mol. The molecular weight excluding hydrogens is 398 g/mol. The first-order valence-electron chi connectivity index (χ1n) is 8.87. The van der Waals surface area contributed by atoms with Crippen molar-refractivity contribution in [2.24, 2.45) is 0 Å². The fourth-order valence-electron chi connectivity index (χ4n) is 3.13. The van der Waals surface area contributed by atoms with E-state index < -0.39 is 5.97 Å². The Morgan fingerprint density at radius 2 is 2.07 bits per heavy atom. The number of nitrogens with zero attached hydrogens (tertiary/aromatic N) is 3. The molecule has 2 aromatic heterocycles. The van der Waals surface area contributed by atoms with Crippen LogP contribution in [0.3, 0.4) is 0 Å². The van der Waals surface area contributed by atoms with Gasteiger partial charge in [0.2, 0.25) is 0 Å². The Bertz CT molecular complexity index is 974. The van der Waals surface area contributed by atoms with E-state index in [9.17, 15) is 9.59 Å². The molecule has 2 aromatic rings. The number of aromatic nitrogens is 2. The van der Waals surface area contributed by atoms with E-state index in [1.807, 2.05) is 43.5 Å². The molecule has 0 unspecified atom stereocenters. The lowest BCUT2D eigenvalue weighted by atomic mass is 10.2. The molecular formula is C19H21N3O4S2. The third-order valence-corrected chi connectivity index (χ3v) is 5.88. The van der Waals surface area contributed by atoms with Gasteiger partial charge in [-0.05, 0) is 51.3 Å². The Balaban J connectivity index is 1.78. The molecule has 9 heteroatoms. The third-order valence-electron chi connectivity index (χ3n) is 4.50. The molecule has 148 valence electrons. The van der Waals surface area contributed by atoms with Gasteiger partial charge in [0.15, 0.2) is 5.82 Å². The van der Waals surface area contributed by atoms with Crippen LogP contribution in [-0.4, -0.2) is 42.5 Å². The highest BCUT2D eigenvalue weighted by Gasteiger charge is 2.31. The highest BCUT2D eigenvalue weighted by Crippen LogP contribution is 2.34. The van der Waals surface area contributed by atoms with Crippen LogP contribution in [0.15, 0.2) is 21.6 Å². The fraction of sp³-hybridized carbons (Fsp3) is 0.368. The highest BCUT2D eigenvalue weighted by molar-refractivity contribution is 8.26. The molecule has 0 bridgehead atoms. The van der Waals surface area contributed by atoms with Crippen molar-refractivity contribution in [2.75, 3.05) is 6.54 Å². The summed E-state index contributed by atoms with van der Waals surface area (Å²) >= 11 is 6.61. The summed E-state index contributed by atoms with van der Waals surface area (Å²) in [6.07, 6.45) is 3.07. The van der Waals surface area contributed by atoms with Gasteiger partial charge < -0.3 is 9.63 Å². The molecule has 28 heavy (non-hydrogen) atoms. The first-order chi connectivity index (χ1) is 13.3. The molecule has 1 aliphatic heterocycles. The average Bonchev–Trinajstić information content (AvgIpc) is 3.23. The van der Waals surface area contributed by atoms with E-state index in [0.29, 0.717) is 34.4 Å². The Kier molecular flexibility index (Phi) is 6.04. The van der Waals surface area contributed by atoms with Crippen molar-refractivity contribution in [1.82, 2.24) is 14.6 Å². The van der Waals surface area contributed by atoms with Crippen LogP contribution in [0.5, 0.6) is 0 Å². The zero-order chi connectivity index (χ0) is 20.4. The van der Waals surface area contributed by atoms with Crippen molar-refractivity contribution in [3.63, 3.8) is 0 Å². The van der Waals surface area contributed by atoms with E-state index in [4.69, 9.17) is 21.8 Å². The van der Waals surface area contributed by atoms with E-state index in [1.165, 1.54) is 11.8 Å². The van der Waals surface area contributed by atoms with Crippen LogP contribution in [0.4, 0.5) is 0 Å². The standard InChI is InChI=1S/C19H21N3O4S2/c1-11-8-14(13(3)22(11)16-9-12(2)26-20-16)10-15-18(25)21(19(27)28-15)7-5-4-6-17(23)24/h8-10H,4-7H2,1-3H3,(H,23,24)/b15-10-. The number of hydrogen-bond acceptors (Lipinski definition) is 6. The van der Waals surface area contributed by atoms with E-state index >= 15 is 0 Å². The van der Waals surface area contributed by atoms with Gasteiger partial charge in [0.1, 0.15) is 10.1 Å². The number of amides is 1. The predicted octanol–water partition coefficient (Wildman–Crippen LogP) is 3.85. The molecule has 0 spiro atoms. The molecule has 0 aromatic carbocycles. The summed E-state index contributed by atoms with van der Waals surface area (Å²) in [5.41, 5.74) is 2.86. The highest BCUT2D eigenvalue weighted by atomic mass is 32.2. The third kappa shape index (κ3) is 4.20. The summed E-state index contributed by atoms with van der Waals surface area (Å²) in [6, 6.07) is 3.86. The number of hydrogen-bond donors (Lipinski definition) is 1. The van der Waals surface area contributed by atoms with Gasteiger partial charge in [-0.25, -0.2) is 0 Å². The summed E-state index contributed by atoms with van der Waals surface area (Å²) in [5, 5.41) is 12.8. The van der Waals surface area contributed by atoms with Crippen LogP contribution >= 0.6 is 24.0 Å². The monoisotopic (exact) mass is 419 g/mol. The summed E-state index contributed by atoms with van der Waals surface area (Å²) in [5.74, 6) is 0.473. The zero-order valence-corrected chi connectivity index (χ0v) is 17.5. The van der Waals surface area contributed by atoms with Crippen LogP contribution < -0.4 is 0 Å². The molecule has 1 aliphatic rings. The molecule has 0 saturated carbocycles. The molecule has 0 radical (unpaired) electrons. The minimum Gasteiger partial charge on any atom is -0.481 e. The molecule has 1 saturated heterocycles. The quantitative estimate of drug-likeness (QED) is 0.414. The lowest BCUT2D eigenvalue weighted by Gasteiger charge is -2.13. The fourth-order valence-corrected chi connectivity index (χ4v) is 4.42. The van der Waals surface area contributed by atoms with Crippen molar-refractivity contribution in [2.45, 2.75) is 40.0 Å². The van der Waals surface area contributed by atoms with Crippen molar-refractivity contribution in [3.05, 3.63) is 39.7 Å². The van der Waals surface area contributed by atoms with Crippen LogP contribution in [0.1, 0.15) is 42.0 Å². The van der Waals surface area contributed by atoms with Gasteiger partial charge in [0.05, 0.1) is 4.91 Å². The number of unbranched alkanes of at least 4 members (excludes halogenated alkanes) is 1. The summed E-state index contributed by atoms with van der Waals surface area (Å²) in [7, 11) is 0. The van der Waals surface area contributed by atoms with Gasteiger partial charge in [0, 0.05) is 30.4 Å². The SMILES string of the molecule is Cc1cc(-n2c(C)cc(/C=C3\SC(=S)N(CCCCC(=O)O)C3=O)c2C)no1. The number of thioether (sulfide) groups is 1. The molecule has 1 amide bonds. The van der Waals surface area contributed by atoms with Crippen LogP contribution in [0.25, 0.3) is 11.9 Å². The van der Waals surface area contributed by atoms with Crippen molar-refractivity contribution >= 4 is 46.3 Å². The molecule has 3 rings (SSSR count). The van der Waals surface area contributed by atoms with E-state index in [2.05, 4.69) is 5.16 Å². The van der Waals surface area contributed by atoms with E-state index in [-0.39, 0.29) is 12.3 Å². The zero-order valence-electron chi connectivity index (χ0n) is 15.9. The van der Waals surface area contributed by atoms with Gasteiger partial charge in [-0.2, -0.15) is 0 Å². The van der Waals surface area contributed by atoms with E-state index in [1.54, 1.807) is 4.90 Å². The van der Waals surface area contributed by atoms with Crippen LogP contribution in [0, 0.1) is 20.8 Å². The van der Waals surface area contributed by atoms with Gasteiger partial charge in [0.25, 0.3) is 5.91 Å². The number of carbonyl (C=O) groups excluding carboxylic acids is 1. The summed E-state index contributed by atoms with van der Waals surface area (Å²) in [6.45, 7) is 6.22. The molecule has 1 fully saturated rings. The second kappa shape index (κ2) is 8.32. The molecule has 0 atom stereocenters. The van der Waals surface area contributed by atoms with Crippen molar-refractivity contribution < 1.29 is 19.2 Å². The maximum Gasteiger partial charge on any atom is 0.303 e. The van der Waals surface area contributed by atoms with Gasteiger partial charge in [-0.3, -0.25) is 19.1 Å². The second-order valence-electron chi connectivity index (χ2n) is 6.64. The van der Waals surface area contributed by atoms with Gasteiger partial charge in [-0.1, -0.05) is 29.1 Å². The molecule has 0 aliphatic carbocycles. The molecule has 1 N–H and O–H groups in total. The maximum atomic E-state index is 12.7. The van der Waals surface area contributed by atoms with E-state index in [0.717, 1.165) is 22.7 Å². The number of rotatable bonds is 7. The normalized spacial score (nSPS) is 15.8. The number of aryl methyl sites for hydroxylation is 2. The first-order valence-corrected chi connectivity index (χ1v) is 10.1. The number of thiocarbonyl (C=S) groups is 1. The smallest absolute Gasteiger partial charge is 0.303 e. The van der Waals surface area contributed by atoms with Crippen LogP contribution in [-0.2, 0) is 9.59 Å². The van der Waals surface area contributed by atoms with Gasteiger partial charge in [-0.15, -0.1) is 0 Å². The Hall–Kier alpha value is -2.39. The van der Waals surface area contributed by atoms with Crippen LogP contribution in [0.2, 0.25) is 0 Å². The Morgan fingerprint density at radius 3 is 2.71 bits per heavy atom. The Morgan fingerprint density at radius 1 is 1.32 bits per heavy atom. The number of carbonyl (C=O) groups is 2. The topological polar surface area (TPSA) is 88.6 Å². The summed E-state index contributed by atoms with van der Waals surface area (Å²) < 4.78 is 7.66. The number of carboxylic acids is 1. The predicted molar refractivity (Wildman–Crippen MR) is 111 cm³/mol. The first kappa shape index (κ1) is 20.3. The van der Waals surface area contributed by atoms with Crippen molar-refractivity contribution in [3.8, 4) is 5.82 Å². The number of aliphatic carboxylic acids is 1. The number of carboxylic acid groups (broad SMARTS) is 1. The lowest BCUT2D eigenvalue weighted by Crippen LogP contribution is -2.29. The van der Waals surface area contributed by atoms with Crippen molar-refractivity contribution in [1.29, 1.82) is 0 Å². The lowest BCUT2D eigenvalue weighted by molar-refractivity contribution is -0.137. The molecule has 7 nitrogen and oxygen atoms in total. The molecule has 3 heterocycles.